The molecule has 1 atom stereocenters. The molecule has 1 aromatic carbocycles. The Morgan fingerprint density at radius 1 is 1.53 bits per heavy atom. The number of allylic oxidation sites excluding steroid dienone is 1. The number of halogens is 2. The van der Waals surface area contributed by atoms with Gasteiger partial charge in [0.05, 0.1) is 0 Å². The van der Waals surface area contributed by atoms with Gasteiger partial charge in [-0.1, -0.05) is 34.1 Å². The molecule has 15 heavy (non-hydrogen) atoms. The third-order valence-electron chi connectivity index (χ3n) is 2.11. The van der Waals surface area contributed by atoms with Crippen LogP contribution in [0.1, 0.15) is 23.7 Å². The Bertz CT molecular complexity index is 368. The number of hydrogen-bond donors (Lipinski definition) is 0. The fraction of sp³-hybridized carbons (Fsp3) is 0.250. The van der Waals surface area contributed by atoms with Crippen LogP contribution < -0.4 is 0 Å². The van der Waals surface area contributed by atoms with Crippen LogP contribution in [0.5, 0.6) is 0 Å². The van der Waals surface area contributed by atoms with Crippen molar-refractivity contribution in [2.24, 2.45) is 0 Å². The topological polar surface area (TPSA) is 17.1 Å². The number of carbonyl (C=O) groups excluding carboxylic acids is 1. The van der Waals surface area contributed by atoms with Crippen LogP contribution in [0.2, 0.25) is 0 Å². The maximum atomic E-state index is 13.8. The van der Waals surface area contributed by atoms with Gasteiger partial charge in [-0.15, -0.1) is 6.58 Å². The van der Waals surface area contributed by atoms with Gasteiger partial charge in [0.25, 0.3) is 0 Å². The summed E-state index contributed by atoms with van der Waals surface area (Å²) in [5, 5.41) is 0. The summed E-state index contributed by atoms with van der Waals surface area (Å²) in [7, 11) is 0. The first-order chi connectivity index (χ1) is 6.97. The van der Waals surface area contributed by atoms with Gasteiger partial charge in [-0.05, 0) is 19.1 Å². The van der Waals surface area contributed by atoms with Gasteiger partial charge >= 0.3 is 0 Å². The molecule has 1 unspecified atom stereocenters. The number of carbonyl (C=O) groups is 1. The Kier molecular flexibility index (Phi) is 3.80. The van der Waals surface area contributed by atoms with Crippen LogP contribution in [0.15, 0.2) is 41.4 Å². The van der Waals surface area contributed by atoms with Crippen molar-refractivity contribution in [1.29, 1.82) is 0 Å². The number of rotatable bonds is 4. The molecule has 0 radical (unpaired) electrons. The lowest BCUT2D eigenvalue weighted by molar-refractivity contribution is 0.0730. The van der Waals surface area contributed by atoms with E-state index < -0.39 is 11.5 Å². The quantitative estimate of drug-likeness (QED) is 0.599. The van der Waals surface area contributed by atoms with E-state index in [-0.39, 0.29) is 6.42 Å². The molecule has 0 aromatic heterocycles. The maximum absolute atomic E-state index is 13.8. The molecule has 0 aliphatic carbocycles. The summed E-state index contributed by atoms with van der Waals surface area (Å²) in [6.45, 7) is 4.71. The van der Waals surface area contributed by atoms with Crippen molar-refractivity contribution in [2.45, 2.75) is 19.0 Å². The normalized spacial score (nSPS) is 14.3. The van der Waals surface area contributed by atoms with Gasteiger partial charge in [-0.3, -0.25) is 4.79 Å². The number of ketones is 1. The molecule has 0 saturated carbocycles. The third-order valence-corrected chi connectivity index (χ3v) is 2.64. The zero-order valence-electron chi connectivity index (χ0n) is 8.47. The van der Waals surface area contributed by atoms with E-state index in [4.69, 9.17) is 0 Å². The highest BCUT2D eigenvalue weighted by atomic mass is 79.9. The monoisotopic (exact) mass is 270 g/mol. The molecule has 0 amide bonds. The first-order valence-corrected chi connectivity index (χ1v) is 5.37. The summed E-state index contributed by atoms with van der Waals surface area (Å²) in [4.78, 5) is 11.7. The van der Waals surface area contributed by atoms with Crippen LogP contribution in [-0.4, -0.2) is 11.5 Å². The molecule has 0 fully saturated rings. The van der Waals surface area contributed by atoms with E-state index in [0.717, 1.165) is 4.47 Å². The SMILES string of the molecule is C=CCC(C)(F)C(=O)c1ccc(Br)cc1. The molecule has 0 N–H and O–H groups in total. The van der Waals surface area contributed by atoms with Gasteiger partial charge in [0.15, 0.2) is 11.5 Å². The molecule has 1 nitrogen and oxygen atoms in total. The van der Waals surface area contributed by atoms with Crippen molar-refractivity contribution in [3.05, 3.63) is 47.0 Å². The molecule has 3 heteroatoms. The standard InChI is InChI=1S/C12H12BrFO/c1-3-8-12(2,14)11(15)9-4-6-10(13)7-5-9/h3-7H,1,8H2,2H3. The zero-order chi connectivity index (χ0) is 11.5. The predicted octanol–water partition coefficient (Wildman–Crippen LogP) is 3.94. The second-order valence-corrected chi connectivity index (χ2v) is 4.44. The fourth-order valence-electron chi connectivity index (χ4n) is 1.27. The van der Waals surface area contributed by atoms with Gasteiger partial charge in [0, 0.05) is 16.5 Å². The fourth-order valence-corrected chi connectivity index (χ4v) is 1.53. The molecule has 0 aliphatic heterocycles. The number of Topliss-reactive ketones (excluding diaryl/α,β-unsaturated/α-hetero) is 1. The number of hydrogen-bond acceptors (Lipinski definition) is 1. The average molecular weight is 271 g/mol. The van der Waals surface area contributed by atoms with E-state index in [2.05, 4.69) is 22.5 Å². The van der Waals surface area contributed by atoms with Crippen molar-refractivity contribution in [3.63, 3.8) is 0 Å². The van der Waals surface area contributed by atoms with Crippen LogP contribution in [0, 0.1) is 0 Å². The number of alkyl halides is 1. The lowest BCUT2D eigenvalue weighted by Crippen LogP contribution is -2.29. The summed E-state index contributed by atoms with van der Waals surface area (Å²) >= 11 is 3.25. The van der Waals surface area contributed by atoms with E-state index in [1.165, 1.54) is 13.0 Å². The first-order valence-electron chi connectivity index (χ1n) is 4.57. The Hall–Kier alpha value is -0.960. The van der Waals surface area contributed by atoms with E-state index in [0.29, 0.717) is 5.56 Å². The molecule has 0 bridgehead atoms. The van der Waals surface area contributed by atoms with E-state index in [1.54, 1.807) is 24.3 Å². The smallest absolute Gasteiger partial charge is 0.200 e. The zero-order valence-corrected chi connectivity index (χ0v) is 10.1. The van der Waals surface area contributed by atoms with Crippen molar-refractivity contribution in [1.82, 2.24) is 0 Å². The highest BCUT2D eigenvalue weighted by Crippen LogP contribution is 2.23. The van der Waals surface area contributed by atoms with Crippen LogP contribution in [-0.2, 0) is 0 Å². The molecular weight excluding hydrogens is 259 g/mol. The molecule has 1 aromatic rings. The summed E-state index contributed by atoms with van der Waals surface area (Å²) in [6, 6.07) is 6.65. The van der Waals surface area contributed by atoms with Crippen molar-refractivity contribution >= 4 is 21.7 Å². The molecule has 80 valence electrons. The molecule has 1 rings (SSSR count). The van der Waals surface area contributed by atoms with Crippen molar-refractivity contribution < 1.29 is 9.18 Å². The summed E-state index contributed by atoms with van der Waals surface area (Å²) in [5.74, 6) is -0.505. The van der Waals surface area contributed by atoms with E-state index in [9.17, 15) is 9.18 Å². The predicted molar refractivity (Wildman–Crippen MR) is 62.8 cm³/mol. The van der Waals surface area contributed by atoms with Gasteiger partial charge in [-0.2, -0.15) is 0 Å². The molecule has 0 saturated heterocycles. The van der Waals surface area contributed by atoms with Crippen LogP contribution in [0.25, 0.3) is 0 Å². The molecule has 0 spiro atoms. The highest BCUT2D eigenvalue weighted by Gasteiger charge is 2.31. The highest BCUT2D eigenvalue weighted by molar-refractivity contribution is 9.10. The minimum absolute atomic E-state index is 0.0297. The summed E-state index contributed by atoms with van der Waals surface area (Å²) in [6.07, 6.45) is 1.44. The van der Waals surface area contributed by atoms with Crippen LogP contribution >= 0.6 is 15.9 Å². The molecule has 0 aliphatic rings. The van der Waals surface area contributed by atoms with Crippen molar-refractivity contribution in [2.75, 3.05) is 0 Å². The average Bonchev–Trinajstić information content (AvgIpc) is 2.18. The minimum Gasteiger partial charge on any atom is -0.291 e. The third kappa shape index (κ3) is 2.99. The molecular formula is C12H12BrFO. The lowest BCUT2D eigenvalue weighted by Gasteiger charge is -2.16. The molecule has 0 heterocycles. The van der Waals surface area contributed by atoms with Gasteiger partial charge in [0.2, 0.25) is 0 Å². The second kappa shape index (κ2) is 4.71. The minimum atomic E-state index is -1.87. The van der Waals surface area contributed by atoms with Gasteiger partial charge < -0.3 is 0 Å². The van der Waals surface area contributed by atoms with Gasteiger partial charge in [0.1, 0.15) is 0 Å². The van der Waals surface area contributed by atoms with Crippen LogP contribution in [0.3, 0.4) is 0 Å². The Morgan fingerprint density at radius 2 is 2.07 bits per heavy atom. The second-order valence-electron chi connectivity index (χ2n) is 3.53. The lowest BCUT2D eigenvalue weighted by atomic mass is 9.93. The summed E-state index contributed by atoms with van der Waals surface area (Å²) < 4.78 is 14.7. The van der Waals surface area contributed by atoms with Crippen LogP contribution in [0.4, 0.5) is 4.39 Å². The summed E-state index contributed by atoms with van der Waals surface area (Å²) in [5.41, 5.74) is -1.49. The Labute approximate surface area is 97.1 Å². The largest absolute Gasteiger partial charge is 0.291 e. The maximum Gasteiger partial charge on any atom is 0.200 e. The first kappa shape index (κ1) is 12.1. The Morgan fingerprint density at radius 3 is 2.53 bits per heavy atom. The van der Waals surface area contributed by atoms with Gasteiger partial charge in [-0.25, -0.2) is 4.39 Å². The number of benzene rings is 1. The Balaban J connectivity index is 2.94. The van der Waals surface area contributed by atoms with E-state index >= 15 is 0 Å². The van der Waals surface area contributed by atoms with Crippen molar-refractivity contribution in [3.8, 4) is 0 Å². The van der Waals surface area contributed by atoms with E-state index in [1.807, 2.05) is 0 Å².